The monoisotopic (exact) mass is 523 g/mol. The first-order chi connectivity index (χ1) is 16.7. The number of carbonyl (C=O) groups excluding carboxylic acids is 2. The maximum atomic E-state index is 14.7. The number of hydrogen-bond donors (Lipinski definition) is 1. The fourth-order valence-corrected chi connectivity index (χ4v) is 4.29. The molecule has 13 heteroatoms. The maximum absolute atomic E-state index is 14.7. The van der Waals surface area contributed by atoms with Crippen LogP contribution in [-0.4, -0.2) is 92.9 Å². The number of likely N-dealkylation sites (N-methyl/N-ethyl adjacent to an activating group) is 1. The molecule has 1 fully saturated rings. The van der Waals surface area contributed by atoms with Gasteiger partial charge in [-0.05, 0) is 31.8 Å². The normalized spacial score (nSPS) is 14.7. The Balaban J connectivity index is 1.55. The van der Waals surface area contributed by atoms with Gasteiger partial charge in [0.05, 0.1) is 5.56 Å². The van der Waals surface area contributed by atoms with Gasteiger partial charge in [-0.2, -0.15) is 5.10 Å². The molecule has 0 atom stereocenters. The highest BCUT2D eigenvalue weighted by atomic mass is 35.5. The van der Waals surface area contributed by atoms with Crippen molar-refractivity contribution in [2.45, 2.75) is 12.8 Å². The van der Waals surface area contributed by atoms with Crippen LogP contribution in [0.2, 0.25) is 10.3 Å². The summed E-state index contributed by atoms with van der Waals surface area (Å²) in [6, 6.07) is 4.18. The second kappa shape index (κ2) is 10.3. The molecular weight excluding hydrogens is 500 g/mol. The Morgan fingerprint density at radius 3 is 2.71 bits per heavy atom. The number of nitrogens with one attached hydrogen (secondary N) is 1. The molecule has 0 aliphatic carbocycles. The van der Waals surface area contributed by atoms with E-state index in [1.807, 2.05) is 19.0 Å². The summed E-state index contributed by atoms with van der Waals surface area (Å²) in [6.07, 6.45) is 0.322. The van der Waals surface area contributed by atoms with Gasteiger partial charge in [-0.25, -0.2) is 23.7 Å². The lowest BCUT2D eigenvalue weighted by Gasteiger charge is -2.23. The Kier molecular flexibility index (Phi) is 7.39. The molecule has 10 nitrogen and oxygen atoms in total. The highest BCUT2D eigenvalue weighted by Gasteiger charge is 2.26. The molecule has 1 aliphatic rings. The molecule has 0 bridgehead atoms. The van der Waals surface area contributed by atoms with Gasteiger partial charge < -0.3 is 14.7 Å². The SMILES string of the molecule is CN(C)CCN1CCN(C(=O)c2cc(Cc3n[nH]c(=O)n4c(Cl)c(Cl)nc34)ccc2F)CCC1=O. The number of hydrogen-bond acceptors (Lipinski definition) is 6. The van der Waals surface area contributed by atoms with Gasteiger partial charge in [-0.15, -0.1) is 0 Å². The van der Waals surface area contributed by atoms with Gasteiger partial charge in [-0.3, -0.25) is 9.59 Å². The molecule has 3 heterocycles. The number of rotatable bonds is 6. The minimum atomic E-state index is -0.662. The van der Waals surface area contributed by atoms with Crippen LogP contribution < -0.4 is 5.69 Å². The maximum Gasteiger partial charge on any atom is 0.348 e. The smallest absolute Gasteiger partial charge is 0.340 e. The van der Waals surface area contributed by atoms with Crippen molar-refractivity contribution in [3.05, 3.63) is 61.6 Å². The number of nitrogens with zero attached hydrogens (tertiary/aromatic N) is 6. The number of amides is 2. The van der Waals surface area contributed by atoms with Gasteiger partial charge in [-0.1, -0.05) is 29.3 Å². The molecule has 35 heavy (non-hydrogen) atoms. The first-order valence-corrected chi connectivity index (χ1v) is 11.7. The van der Waals surface area contributed by atoms with Gasteiger partial charge in [0.1, 0.15) is 11.5 Å². The van der Waals surface area contributed by atoms with Crippen molar-refractivity contribution in [1.29, 1.82) is 0 Å². The zero-order valence-electron chi connectivity index (χ0n) is 19.2. The van der Waals surface area contributed by atoms with Gasteiger partial charge >= 0.3 is 5.69 Å². The number of fused-ring (bicyclic) bond motifs is 1. The lowest BCUT2D eigenvalue weighted by atomic mass is 10.0. The Bertz CT molecular complexity index is 1340. The van der Waals surface area contributed by atoms with Crippen molar-refractivity contribution in [3.63, 3.8) is 0 Å². The van der Waals surface area contributed by atoms with Crippen molar-refractivity contribution in [1.82, 2.24) is 34.3 Å². The Labute approximate surface area is 210 Å². The number of benzene rings is 1. The number of carbonyl (C=O) groups is 2. The highest BCUT2D eigenvalue weighted by Crippen LogP contribution is 2.24. The summed E-state index contributed by atoms with van der Waals surface area (Å²) in [4.78, 5) is 47.0. The fraction of sp³-hybridized carbons (Fsp3) is 0.409. The lowest BCUT2D eigenvalue weighted by molar-refractivity contribution is -0.130. The molecule has 1 saturated heterocycles. The van der Waals surface area contributed by atoms with Gasteiger partial charge in [0.15, 0.2) is 16.0 Å². The van der Waals surface area contributed by atoms with Crippen LogP contribution in [0.3, 0.4) is 0 Å². The molecule has 0 unspecified atom stereocenters. The van der Waals surface area contributed by atoms with Crippen molar-refractivity contribution in [3.8, 4) is 0 Å². The molecule has 0 saturated carbocycles. The van der Waals surface area contributed by atoms with E-state index in [1.54, 1.807) is 4.90 Å². The van der Waals surface area contributed by atoms with Crippen LogP contribution in [0.4, 0.5) is 4.39 Å². The largest absolute Gasteiger partial charge is 0.348 e. The van der Waals surface area contributed by atoms with Crippen LogP contribution in [0.25, 0.3) is 5.65 Å². The zero-order chi connectivity index (χ0) is 25.3. The minimum Gasteiger partial charge on any atom is -0.340 e. The Hall–Kier alpha value is -3.02. The van der Waals surface area contributed by atoms with Crippen LogP contribution in [0.1, 0.15) is 28.0 Å². The third-order valence-corrected chi connectivity index (χ3v) is 6.56. The molecule has 1 aromatic carbocycles. The first kappa shape index (κ1) is 25.1. The molecule has 4 rings (SSSR count). The van der Waals surface area contributed by atoms with Crippen LogP contribution in [0.15, 0.2) is 23.0 Å². The summed E-state index contributed by atoms with van der Waals surface area (Å²) in [5.41, 5.74) is 0.394. The van der Waals surface area contributed by atoms with E-state index in [0.717, 1.165) is 10.9 Å². The van der Waals surface area contributed by atoms with E-state index < -0.39 is 17.4 Å². The zero-order valence-corrected chi connectivity index (χ0v) is 20.7. The summed E-state index contributed by atoms with van der Waals surface area (Å²) in [6.45, 7) is 2.21. The number of aromatic amines is 1. The fourth-order valence-electron chi connectivity index (χ4n) is 3.92. The first-order valence-electron chi connectivity index (χ1n) is 11.0. The molecule has 1 N–H and O–H groups in total. The Morgan fingerprint density at radius 2 is 1.97 bits per heavy atom. The van der Waals surface area contributed by atoms with Gasteiger partial charge in [0.2, 0.25) is 5.91 Å². The van der Waals surface area contributed by atoms with E-state index in [1.165, 1.54) is 23.1 Å². The van der Waals surface area contributed by atoms with E-state index in [4.69, 9.17) is 23.2 Å². The predicted octanol–water partition coefficient (Wildman–Crippen LogP) is 1.69. The molecule has 2 aromatic heterocycles. The van der Waals surface area contributed by atoms with Crippen molar-refractivity contribution in [2.75, 3.05) is 46.8 Å². The van der Waals surface area contributed by atoms with E-state index in [0.29, 0.717) is 30.9 Å². The van der Waals surface area contributed by atoms with Crippen molar-refractivity contribution in [2.24, 2.45) is 0 Å². The number of aromatic nitrogens is 4. The standard InChI is InChI=1S/C22H24Cl2FN7O3/c1-29(2)7-8-30-9-10-31(6-5-17(30)33)21(34)14-11-13(3-4-15(14)25)12-16-20-26-18(23)19(24)32(20)22(35)28-27-16/h3-4,11H,5-10,12H2,1-2H3,(H,28,35). The molecule has 0 spiro atoms. The average Bonchev–Trinajstić information content (AvgIpc) is 3.00. The predicted molar refractivity (Wildman–Crippen MR) is 128 cm³/mol. The molecule has 186 valence electrons. The van der Waals surface area contributed by atoms with Gasteiger partial charge in [0, 0.05) is 45.6 Å². The number of halogens is 3. The van der Waals surface area contributed by atoms with E-state index >= 15 is 0 Å². The van der Waals surface area contributed by atoms with Crippen LogP contribution >= 0.6 is 23.2 Å². The Morgan fingerprint density at radius 1 is 1.20 bits per heavy atom. The average molecular weight is 524 g/mol. The quantitative estimate of drug-likeness (QED) is 0.526. The van der Waals surface area contributed by atoms with E-state index in [-0.39, 0.29) is 46.8 Å². The van der Waals surface area contributed by atoms with E-state index in [9.17, 15) is 18.8 Å². The minimum absolute atomic E-state index is 0.0263. The van der Waals surface area contributed by atoms with Crippen LogP contribution in [0.5, 0.6) is 0 Å². The molecule has 1 aliphatic heterocycles. The topological polar surface area (TPSA) is 107 Å². The van der Waals surface area contributed by atoms with Gasteiger partial charge in [0.25, 0.3) is 5.91 Å². The molecule has 2 amide bonds. The second-order valence-corrected chi connectivity index (χ2v) is 9.26. The highest BCUT2D eigenvalue weighted by molar-refractivity contribution is 6.40. The third kappa shape index (κ3) is 5.31. The van der Waals surface area contributed by atoms with Crippen LogP contribution in [0, 0.1) is 5.82 Å². The summed E-state index contributed by atoms with van der Waals surface area (Å²) in [5, 5.41) is 6.27. The summed E-state index contributed by atoms with van der Waals surface area (Å²) < 4.78 is 15.8. The van der Waals surface area contributed by atoms with Crippen molar-refractivity contribution < 1.29 is 14.0 Å². The summed E-state index contributed by atoms with van der Waals surface area (Å²) in [7, 11) is 3.86. The van der Waals surface area contributed by atoms with Crippen LogP contribution in [-0.2, 0) is 11.2 Å². The second-order valence-electron chi connectivity index (χ2n) is 8.55. The lowest BCUT2D eigenvalue weighted by Crippen LogP contribution is -2.39. The molecule has 0 radical (unpaired) electrons. The molecule has 3 aromatic rings. The van der Waals surface area contributed by atoms with Crippen molar-refractivity contribution >= 4 is 40.7 Å². The number of H-pyrrole nitrogens is 1. The number of imidazole rings is 1. The van der Waals surface area contributed by atoms with E-state index in [2.05, 4.69) is 15.2 Å². The molecular formula is C22H24Cl2FN7O3. The summed E-state index contributed by atoms with van der Waals surface area (Å²) in [5.74, 6) is -1.18. The third-order valence-electron chi connectivity index (χ3n) is 5.86. The summed E-state index contributed by atoms with van der Waals surface area (Å²) >= 11 is 12.0.